The molecule has 1 fully saturated rings. The van der Waals surface area contributed by atoms with Crippen LogP contribution in [0.4, 0.5) is 5.95 Å². The monoisotopic (exact) mass is 450 g/mol. The molecule has 5 rings (SSSR count). The third kappa shape index (κ3) is 3.61. The van der Waals surface area contributed by atoms with Crippen LogP contribution in [-0.4, -0.2) is 51.5 Å². The predicted octanol–water partition coefficient (Wildman–Crippen LogP) is 2.48. The zero-order valence-corrected chi connectivity index (χ0v) is 18.3. The first-order valence-electron chi connectivity index (χ1n) is 10.4. The number of aryl methyl sites for hydroxylation is 1. The lowest BCUT2D eigenvalue weighted by molar-refractivity contribution is -0.115. The Balaban J connectivity index is 1.48. The van der Waals surface area contributed by atoms with Gasteiger partial charge in [0, 0.05) is 25.5 Å². The van der Waals surface area contributed by atoms with Gasteiger partial charge in [0.15, 0.2) is 5.65 Å². The van der Waals surface area contributed by atoms with Gasteiger partial charge in [-0.2, -0.15) is 9.29 Å². The summed E-state index contributed by atoms with van der Waals surface area (Å²) < 4.78 is 29.3. The second-order valence-electron chi connectivity index (χ2n) is 7.87. The van der Waals surface area contributed by atoms with Gasteiger partial charge in [0.2, 0.25) is 15.9 Å². The number of anilines is 1. The van der Waals surface area contributed by atoms with Gasteiger partial charge in [-0.3, -0.25) is 10.1 Å². The average molecular weight is 451 g/mol. The van der Waals surface area contributed by atoms with Crippen molar-refractivity contribution in [2.75, 3.05) is 18.4 Å². The minimum atomic E-state index is -3.54. The van der Waals surface area contributed by atoms with Gasteiger partial charge in [-0.05, 0) is 36.6 Å². The lowest BCUT2D eigenvalue weighted by Gasteiger charge is -2.15. The van der Waals surface area contributed by atoms with Crippen molar-refractivity contribution in [2.45, 2.75) is 24.2 Å². The quantitative estimate of drug-likeness (QED) is 0.500. The van der Waals surface area contributed by atoms with Crippen molar-refractivity contribution in [3.05, 3.63) is 54.1 Å². The molecule has 2 aromatic carbocycles. The molecule has 10 heteroatoms. The summed E-state index contributed by atoms with van der Waals surface area (Å²) in [4.78, 5) is 17.1. The van der Waals surface area contributed by atoms with Crippen molar-refractivity contribution < 1.29 is 13.2 Å². The van der Waals surface area contributed by atoms with Gasteiger partial charge in [-0.15, -0.1) is 10.2 Å². The van der Waals surface area contributed by atoms with Crippen LogP contribution in [0, 0.1) is 0 Å². The van der Waals surface area contributed by atoms with Crippen LogP contribution in [-0.2, 0) is 28.3 Å². The molecule has 1 N–H and O–H groups in total. The molecule has 1 saturated heterocycles. The molecule has 4 aromatic rings. The number of hydrogen-bond donors (Lipinski definition) is 1. The maximum Gasteiger partial charge on any atom is 0.251 e. The highest BCUT2D eigenvalue weighted by atomic mass is 32.2. The van der Waals surface area contributed by atoms with Crippen LogP contribution in [0.15, 0.2) is 53.4 Å². The SMILES string of the molecule is Cn1c2ccc(S(=O)(=O)N3CCCC3)cc2c2nnc(NC(=O)Cc3ccccc3)nc21. The normalized spacial score (nSPS) is 14.9. The first-order valence-corrected chi connectivity index (χ1v) is 11.8. The maximum atomic E-state index is 13.0. The summed E-state index contributed by atoms with van der Waals surface area (Å²) in [5, 5.41) is 11.7. The van der Waals surface area contributed by atoms with Gasteiger partial charge in [0.1, 0.15) is 5.52 Å². The van der Waals surface area contributed by atoms with Gasteiger partial charge < -0.3 is 4.57 Å². The maximum absolute atomic E-state index is 13.0. The van der Waals surface area contributed by atoms with Crippen LogP contribution in [0.1, 0.15) is 18.4 Å². The van der Waals surface area contributed by atoms with Crippen LogP contribution in [0.25, 0.3) is 22.1 Å². The Hall–Kier alpha value is -3.37. The molecule has 164 valence electrons. The van der Waals surface area contributed by atoms with Crippen molar-refractivity contribution in [1.82, 2.24) is 24.1 Å². The fraction of sp³-hybridized carbons (Fsp3) is 0.273. The fourth-order valence-electron chi connectivity index (χ4n) is 4.08. The highest BCUT2D eigenvalue weighted by Crippen LogP contribution is 2.29. The van der Waals surface area contributed by atoms with E-state index < -0.39 is 10.0 Å². The minimum absolute atomic E-state index is 0.106. The number of benzene rings is 2. The number of carbonyl (C=O) groups is 1. The molecule has 3 heterocycles. The second-order valence-corrected chi connectivity index (χ2v) is 9.81. The van der Waals surface area contributed by atoms with E-state index in [9.17, 15) is 13.2 Å². The number of aromatic nitrogens is 4. The number of hydrogen-bond acceptors (Lipinski definition) is 6. The molecular weight excluding hydrogens is 428 g/mol. The first-order chi connectivity index (χ1) is 15.4. The number of sulfonamides is 1. The Labute approximate surface area is 185 Å². The number of nitrogens with one attached hydrogen (secondary N) is 1. The summed E-state index contributed by atoms with van der Waals surface area (Å²) in [6, 6.07) is 14.4. The molecule has 0 radical (unpaired) electrons. The molecule has 0 unspecified atom stereocenters. The molecule has 0 aliphatic carbocycles. The average Bonchev–Trinajstić information content (AvgIpc) is 3.42. The van der Waals surface area contributed by atoms with E-state index in [1.54, 1.807) is 18.2 Å². The van der Waals surface area contributed by atoms with E-state index in [-0.39, 0.29) is 23.2 Å². The van der Waals surface area contributed by atoms with Gasteiger partial charge >= 0.3 is 0 Å². The topological polar surface area (TPSA) is 110 Å². The lowest BCUT2D eigenvalue weighted by Crippen LogP contribution is -2.27. The number of rotatable bonds is 5. The van der Waals surface area contributed by atoms with E-state index in [1.807, 2.05) is 41.9 Å². The Morgan fingerprint density at radius 3 is 2.56 bits per heavy atom. The van der Waals surface area contributed by atoms with Crippen LogP contribution in [0.5, 0.6) is 0 Å². The molecule has 0 bridgehead atoms. The highest BCUT2D eigenvalue weighted by Gasteiger charge is 2.28. The van der Waals surface area contributed by atoms with Crippen LogP contribution < -0.4 is 5.32 Å². The molecule has 0 spiro atoms. The molecule has 1 amide bonds. The minimum Gasteiger partial charge on any atom is -0.327 e. The van der Waals surface area contributed by atoms with E-state index in [0.717, 1.165) is 23.9 Å². The Bertz CT molecular complexity index is 1430. The molecule has 9 nitrogen and oxygen atoms in total. The van der Waals surface area contributed by atoms with E-state index >= 15 is 0 Å². The van der Waals surface area contributed by atoms with Crippen molar-refractivity contribution in [3.63, 3.8) is 0 Å². The highest BCUT2D eigenvalue weighted by molar-refractivity contribution is 7.89. The summed E-state index contributed by atoms with van der Waals surface area (Å²) in [5.74, 6) is -0.135. The zero-order valence-electron chi connectivity index (χ0n) is 17.5. The fourth-order valence-corrected chi connectivity index (χ4v) is 5.62. The predicted molar refractivity (Wildman–Crippen MR) is 121 cm³/mol. The Morgan fingerprint density at radius 2 is 1.81 bits per heavy atom. The van der Waals surface area contributed by atoms with Gasteiger partial charge in [-0.25, -0.2) is 8.42 Å². The van der Waals surface area contributed by atoms with Crippen molar-refractivity contribution in [2.24, 2.45) is 7.05 Å². The van der Waals surface area contributed by atoms with E-state index in [1.165, 1.54) is 4.31 Å². The summed E-state index contributed by atoms with van der Waals surface area (Å²) in [6.07, 6.45) is 1.96. The molecule has 32 heavy (non-hydrogen) atoms. The molecule has 0 saturated carbocycles. The Morgan fingerprint density at radius 1 is 1.06 bits per heavy atom. The van der Waals surface area contributed by atoms with Gasteiger partial charge in [-0.1, -0.05) is 30.3 Å². The number of nitrogens with zero attached hydrogens (tertiary/aromatic N) is 5. The summed E-state index contributed by atoms with van der Waals surface area (Å²) >= 11 is 0. The zero-order chi connectivity index (χ0) is 22.3. The van der Waals surface area contributed by atoms with E-state index in [4.69, 9.17) is 0 Å². The van der Waals surface area contributed by atoms with Crippen LogP contribution in [0.3, 0.4) is 0 Å². The number of amides is 1. The smallest absolute Gasteiger partial charge is 0.251 e. The second kappa shape index (κ2) is 7.95. The Kier molecular flexibility index (Phi) is 5.10. The van der Waals surface area contributed by atoms with Gasteiger partial charge in [0.05, 0.1) is 16.8 Å². The first kappa shape index (κ1) is 20.5. The van der Waals surface area contributed by atoms with Crippen LogP contribution in [0.2, 0.25) is 0 Å². The number of fused-ring (bicyclic) bond motifs is 3. The van der Waals surface area contributed by atoms with Crippen LogP contribution >= 0.6 is 0 Å². The van der Waals surface area contributed by atoms with Crippen molar-refractivity contribution in [3.8, 4) is 0 Å². The van der Waals surface area contributed by atoms with E-state index in [2.05, 4.69) is 20.5 Å². The van der Waals surface area contributed by atoms with Gasteiger partial charge in [0.25, 0.3) is 5.95 Å². The molecule has 1 aliphatic rings. The summed E-state index contributed by atoms with van der Waals surface area (Å²) in [6.45, 7) is 1.09. The van der Waals surface area contributed by atoms with E-state index in [0.29, 0.717) is 29.6 Å². The lowest BCUT2D eigenvalue weighted by atomic mass is 10.1. The molecular formula is C22H22N6O3S. The number of carbonyl (C=O) groups excluding carboxylic acids is 1. The summed E-state index contributed by atoms with van der Waals surface area (Å²) in [7, 11) is -1.72. The molecule has 2 aromatic heterocycles. The largest absolute Gasteiger partial charge is 0.327 e. The summed E-state index contributed by atoms with van der Waals surface area (Å²) in [5.41, 5.74) is 2.67. The third-order valence-electron chi connectivity index (χ3n) is 5.73. The van der Waals surface area contributed by atoms with Crippen molar-refractivity contribution >= 4 is 43.9 Å². The molecule has 1 aliphatic heterocycles. The van der Waals surface area contributed by atoms with Crippen molar-refractivity contribution in [1.29, 1.82) is 0 Å². The third-order valence-corrected chi connectivity index (χ3v) is 7.63. The molecule has 0 atom stereocenters. The standard InChI is InChI=1S/C22H22N6O3S/c1-27-18-10-9-16(32(30,31)28-11-5-6-12-28)14-17(18)20-21(27)24-22(26-25-20)23-19(29)13-15-7-3-2-4-8-15/h2-4,7-10,14H,5-6,11-13H2,1H3,(H,23,24,26,29).